The van der Waals surface area contributed by atoms with Crippen LogP contribution in [0.3, 0.4) is 0 Å². The van der Waals surface area contributed by atoms with Crippen LogP contribution in [0.15, 0.2) is 72.7 Å². The lowest BCUT2D eigenvalue weighted by Gasteiger charge is -2.15. The highest BCUT2D eigenvalue weighted by Crippen LogP contribution is 2.29. The topological polar surface area (TPSA) is 83.8 Å². The molecule has 31 heavy (non-hydrogen) atoms. The van der Waals surface area contributed by atoms with E-state index in [0.29, 0.717) is 12.8 Å². The quantitative estimate of drug-likeness (QED) is 0.360. The van der Waals surface area contributed by atoms with Gasteiger partial charge in [-0.1, -0.05) is 62.4 Å². The highest BCUT2D eigenvalue weighted by atomic mass is 16.5. The van der Waals surface area contributed by atoms with E-state index in [4.69, 9.17) is 14.9 Å². The molecule has 0 aliphatic carbocycles. The lowest BCUT2D eigenvalue weighted by molar-refractivity contribution is -0.132. The molecule has 0 amide bonds. The van der Waals surface area contributed by atoms with Crippen LogP contribution < -0.4 is 0 Å². The number of carboxylic acids is 2. The zero-order valence-electron chi connectivity index (χ0n) is 17.6. The maximum Gasteiger partial charge on any atom is 0.328 e. The molecule has 0 aliphatic rings. The zero-order valence-corrected chi connectivity index (χ0v) is 17.6. The van der Waals surface area contributed by atoms with Crippen LogP contribution in [0.1, 0.15) is 48.9 Å². The fourth-order valence-corrected chi connectivity index (χ4v) is 3.15. The predicted octanol–water partition coefficient (Wildman–Crippen LogP) is 6.10. The summed E-state index contributed by atoms with van der Waals surface area (Å²) in [5.41, 5.74) is 4.34. The Labute approximate surface area is 182 Å². The highest BCUT2D eigenvalue weighted by Gasteiger charge is 2.11. The number of rotatable bonds is 10. The normalized spacial score (nSPS) is 12.5. The van der Waals surface area contributed by atoms with Crippen molar-refractivity contribution in [2.75, 3.05) is 0 Å². The maximum absolute atomic E-state index is 10.9. The van der Waals surface area contributed by atoms with Crippen molar-refractivity contribution in [3.63, 3.8) is 0 Å². The minimum Gasteiger partial charge on any atom is -0.478 e. The van der Waals surface area contributed by atoms with Crippen molar-refractivity contribution in [1.82, 2.24) is 0 Å². The number of carbonyl (C=O) groups is 2. The summed E-state index contributed by atoms with van der Waals surface area (Å²) >= 11 is 0. The van der Waals surface area contributed by atoms with Gasteiger partial charge in [0.15, 0.2) is 0 Å². The van der Waals surface area contributed by atoms with Gasteiger partial charge in [0.1, 0.15) is 5.76 Å². The molecule has 5 heteroatoms. The standard InChI is InChI=1S/C26H26O5/c1-3-22(23-12-8-7-11-21(23)14-16-26(29)30)24(4-2)31-18-17-20-10-6-5-9-19(20)13-15-25(27)28/h5-18H,3-4H2,1-2H3,(H,27,28)(H,29,30). The van der Waals surface area contributed by atoms with Crippen molar-refractivity contribution in [1.29, 1.82) is 0 Å². The van der Waals surface area contributed by atoms with E-state index in [0.717, 1.165) is 45.7 Å². The van der Waals surface area contributed by atoms with Crippen LogP contribution in [0.2, 0.25) is 0 Å². The van der Waals surface area contributed by atoms with Gasteiger partial charge in [0.2, 0.25) is 0 Å². The molecular formula is C26H26O5. The van der Waals surface area contributed by atoms with Crippen LogP contribution in [-0.4, -0.2) is 22.2 Å². The van der Waals surface area contributed by atoms with Crippen molar-refractivity contribution < 1.29 is 24.5 Å². The molecule has 0 unspecified atom stereocenters. The first kappa shape index (κ1) is 23.4. The van der Waals surface area contributed by atoms with E-state index in [-0.39, 0.29) is 0 Å². The summed E-state index contributed by atoms with van der Waals surface area (Å²) < 4.78 is 5.98. The van der Waals surface area contributed by atoms with Crippen LogP contribution in [-0.2, 0) is 14.3 Å². The lowest BCUT2D eigenvalue weighted by Crippen LogP contribution is -1.96. The Morgan fingerprint density at radius 1 is 0.774 bits per heavy atom. The lowest BCUT2D eigenvalue weighted by atomic mass is 9.95. The van der Waals surface area contributed by atoms with Gasteiger partial charge in [-0.3, -0.25) is 0 Å². The summed E-state index contributed by atoms with van der Waals surface area (Å²) in [7, 11) is 0. The van der Waals surface area contributed by atoms with Gasteiger partial charge < -0.3 is 14.9 Å². The fraction of sp³-hybridized carbons (Fsp3) is 0.154. The van der Waals surface area contributed by atoms with Gasteiger partial charge in [0.05, 0.1) is 6.26 Å². The number of allylic oxidation sites excluding steroid dienone is 2. The number of carboxylic acid groups (broad SMARTS) is 2. The minimum atomic E-state index is -1.01. The van der Waals surface area contributed by atoms with E-state index < -0.39 is 11.9 Å². The summed E-state index contributed by atoms with van der Waals surface area (Å²) in [5.74, 6) is -1.22. The van der Waals surface area contributed by atoms with Crippen LogP contribution in [0.5, 0.6) is 0 Å². The molecule has 0 bridgehead atoms. The molecule has 2 aromatic carbocycles. The van der Waals surface area contributed by atoms with Gasteiger partial charge in [-0.05, 0) is 52.5 Å². The average Bonchev–Trinajstić information content (AvgIpc) is 2.76. The molecule has 0 radical (unpaired) electrons. The monoisotopic (exact) mass is 418 g/mol. The Balaban J connectivity index is 2.35. The van der Waals surface area contributed by atoms with Gasteiger partial charge >= 0.3 is 11.9 Å². The summed E-state index contributed by atoms with van der Waals surface area (Å²) in [4.78, 5) is 21.7. The molecule has 0 fully saturated rings. The largest absolute Gasteiger partial charge is 0.478 e. The third kappa shape index (κ3) is 7.16. The number of aliphatic carboxylic acids is 2. The second kappa shape index (κ2) is 12.0. The second-order valence-corrected chi connectivity index (χ2v) is 6.59. The molecule has 0 aromatic heterocycles. The molecule has 0 spiro atoms. The number of benzene rings is 2. The van der Waals surface area contributed by atoms with Crippen LogP contribution in [0, 0.1) is 0 Å². The predicted molar refractivity (Wildman–Crippen MR) is 124 cm³/mol. The molecule has 2 aromatic rings. The first-order valence-electron chi connectivity index (χ1n) is 10.0. The minimum absolute atomic E-state index is 0.658. The van der Waals surface area contributed by atoms with Gasteiger partial charge in [-0.15, -0.1) is 0 Å². The highest BCUT2D eigenvalue weighted by molar-refractivity contribution is 5.87. The van der Waals surface area contributed by atoms with Crippen molar-refractivity contribution in [3.8, 4) is 0 Å². The Morgan fingerprint density at radius 3 is 1.84 bits per heavy atom. The molecule has 0 saturated carbocycles. The van der Waals surface area contributed by atoms with Gasteiger partial charge in [-0.2, -0.15) is 0 Å². The van der Waals surface area contributed by atoms with Crippen molar-refractivity contribution in [3.05, 3.63) is 95.0 Å². The van der Waals surface area contributed by atoms with Crippen molar-refractivity contribution in [2.45, 2.75) is 26.7 Å². The molecule has 5 nitrogen and oxygen atoms in total. The third-order valence-electron chi connectivity index (χ3n) is 4.56. The van der Waals surface area contributed by atoms with E-state index in [9.17, 15) is 9.59 Å². The first-order valence-corrected chi connectivity index (χ1v) is 10.0. The molecular weight excluding hydrogens is 392 g/mol. The summed E-state index contributed by atoms with van der Waals surface area (Å²) in [6, 6.07) is 15.0. The Kier molecular flexibility index (Phi) is 9.05. The van der Waals surface area contributed by atoms with E-state index in [1.54, 1.807) is 24.5 Å². The van der Waals surface area contributed by atoms with Crippen LogP contribution in [0.4, 0.5) is 0 Å². The van der Waals surface area contributed by atoms with E-state index in [1.807, 2.05) is 62.4 Å². The molecule has 0 heterocycles. The smallest absolute Gasteiger partial charge is 0.328 e. The molecule has 160 valence electrons. The summed E-state index contributed by atoms with van der Waals surface area (Å²) in [6.07, 6.45) is 10.1. The average molecular weight is 418 g/mol. The maximum atomic E-state index is 10.9. The fourth-order valence-electron chi connectivity index (χ4n) is 3.15. The van der Waals surface area contributed by atoms with Crippen molar-refractivity contribution in [2.24, 2.45) is 0 Å². The number of ether oxygens (including phenoxy) is 1. The zero-order chi connectivity index (χ0) is 22.6. The van der Waals surface area contributed by atoms with E-state index in [1.165, 1.54) is 0 Å². The van der Waals surface area contributed by atoms with Crippen LogP contribution in [0.25, 0.3) is 23.8 Å². The molecule has 2 rings (SSSR count). The van der Waals surface area contributed by atoms with Crippen molar-refractivity contribution >= 4 is 35.7 Å². The van der Waals surface area contributed by atoms with E-state index in [2.05, 4.69) is 0 Å². The first-order chi connectivity index (χ1) is 15.0. The second-order valence-electron chi connectivity index (χ2n) is 6.59. The third-order valence-corrected chi connectivity index (χ3v) is 4.56. The van der Waals surface area contributed by atoms with E-state index >= 15 is 0 Å². The molecule has 0 saturated heterocycles. The Bertz CT molecular complexity index is 1040. The Hall–Kier alpha value is -3.86. The number of hydrogen-bond donors (Lipinski definition) is 2. The summed E-state index contributed by atoms with van der Waals surface area (Å²) in [5, 5.41) is 17.8. The molecule has 2 N–H and O–H groups in total. The Morgan fingerprint density at radius 2 is 1.29 bits per heavy atom. The molecule has 0 aliphatic heterocycles. The van der Waals surface area contributed by atoms with Gasteiger partial charge in [-0.25, -0.2) is 9.59 Å². The molecule has 0 atom stereocenters. The van der Waals surface area contributed by atoms with Gasteiger partial charge in [0.25, 0.3) is 0 Å². The summed E-state index contributed by atoms with van der Waals surface area (Å²) in [6.45, 7) is 4.03. The SMILES string of the molecule is CCC(OC=Cc1ccccc1C=CC(=O)O)=C(CC)c1ccccc1C=CC(=O)O. The van der Waals surface area contributed by atoms with Crippen LogP contribution >= 0.6 is 0 Å². The number of hydrogen-bond acceptors (Lipinski definition) is 3. The van der Waals surface area contributed by atoms with Gasteiger partial charge in [0, 0.05) is 18.6 Å².